The fraction of sp³-hybridized carbons (Fsp3) is 0.440. The number of carbonyl (C=O) groups excluding carboxylic acids is 2. The monoisotopic (exact) mass is 490 g/mol. The lowest BCUT2D eigenvalue weighted by Gasteiger charge is -2.09. The van der Waals surface area contributed by atoms with Crippen molar-refractivity contribution in [1.82, 2.24) is 0 Å². The smallest absolute Gasteiger partial charge is 0.411 e. The highest BCUT2D eigenvalue weighted by molar-refractivity contribution is 5.85. The van der Waals surface area contributed by atoms with Crippen LogP contribution < -0.4 is 10.6 Å². The van der Waals surface area contributed by atoms with Crippen molar-refractivity contribution in [3.63, 3.8) is 0 Å². The molecule has 0 atom stereocenters. The summed E-state index contributed by atoms with van der Waals surface area (Å²) in [6.07, 6.45) is -0.366. The molecule has 0 saturated heterocycles. The molecule has 0 spiro atoms. The van der Waals surface area contributed by atoms with Crippen LogP contribution in [0, 0.1) is 0 Å². The molecule has 0 saturated carbocycles. The minimum atomic E-state index is -0.534. The quantitative estimate of drug-likeness (QED) is 0.343. The molecule has 2 aromatic rings. The zero-order valence-corrected chi connectivity index (χ0v) is 20.2. The molecule has 192 valence electrons. The van der Waals surface area contributed by atoms with Crippen LogP contribution in [0.2, 0.25) is 0 Å². The molecule has 0 heterocycles. The maximum absolute atomic E-state index is 11.8. The van der Waals surface area contributed by atoms with Gasteiger partial charge >= 0.3 is 12.2 Å². The van der Waals surface area contributed by atoms with E-state index in [1.54, 1.807) is 14.2 Å². The first-order valence-electron chi connectivity index (χ1n) is 11.3. The van der Waals surface area contributed by atoms with Crippen molar-refractivity contribution >= 4 is 23.6 Å². The Kier molecular flexibility index (Phi) is 13.9. The Morgan fingerprint density at radius 1 is 0.571 bits per heavy atom. The fourth-order valence-corrected chi connectivity index (χ4v) is 2.83. The molecule has 0 aliphatic carbocycles. The number of carbonyl (C=O) groups is 2. The summed E-state index contributed by atoms with van der Waals surface area (Å²) in [7, 11) is 3.19. The third kappa shape index (κ3) is 12.7. The second-order valence-electron chi connectivity index (χ2n) is 7.30. The van der Waals surface area contributed by atoms with Crippen LogP contribution in [0.4, 0.5) is 21.0 Å². The number of hydrogen-bond donors (Lipinski definition) is 2. The lowest BCUT2D eigenvalue weighted by Crippen LogP contribution is -2.17. The molecule has 0 aromatic heterocycles. The standard InChI is InChI=1S/C25H34N2O8/c1-30-11-13-32-15-17-34-24(28)26-22-7-3-20(4-8-22)19-21-5-9-23(10-6-21)27-25(29)35-18-16-33-14-12-31-2/h3-10H,11-19H2,1-2H3,(H,26,28)(H,27,29). The van der Waals surface area contributed by atoms with Gasteiger partial charge in [-0.05, 0) is 41.8 Å². The molecule has 2 N–H and O–H groups in total. The SMILES string of the molecule is COCCOCCOC(=O)Nc1ccc(Cc2ccc(NC(=O)OCCOCCOC)cc2)cc1. The van der Waals surface area contributed by atoms with Gasteiger partial charge in [-0.15, -0.1) is 0 Å². The van der Waals surface area contributed by atoms with Crippen LogP contribution in [0.25, 0.3) is 0 Å². The van der Waals surface area contributed by atoms with Gasteiger partial charge in [0.1, 0.15) is 13.2 Å². The van der Waals surface area contributed by atoms with Gasteiger partial charge in [-0.25, -0.2) is 9.59 Å². The Hall–Kier alpha value is -3.18. The van der Waals surface area contributed by atoms with Crippen LogP contribution in [0.3, 0.4) is 0 Å². The number of hydrogen-bond acceptors (Lipinski definition) is 8. The maximum Gasteiger partial charge on any atom is 0.411 e. The van der Waals surface area contributed by atoms with Crippen LogP contribution in [0.5, 0.6) is 0 Å². The average molecular weight is 491 g/mol. The number of anilines is 2. The first-order valence-corrected chi connectivity index (χ1v) is 11.3. The largest absolute Gasteiger partial charge is 0.447 e. The van der Waals surface area contributed by atoms with Crippen LogP contribution in [0.1, 0.15) is 11.1 Å². The zero-order chi connectivity index (χ0) is 25.1. The van der Waals surface area contributed by atoms with Gasteiger partial charge in [0, 0.05) is 25.6 Å². The lowest BCUT2D eigenvalue weighted by molar-refractivity contribution is 0.0447. The summed E-state index contributed by atoms with van der Waals surface area (Å²) >= 11 is 0. The first kappa shape index (κ1) is 28.1. The number of ether oxygens (including phenoxy) is 6. The highest BCUT2D eigenvalue weighted by Gasteiger charge is 2.05. The van der Waals surface area contributed by atoms with Crippen LogP contribution in [-0.4, -0.2) is 79.3 Å². The zero-order valence-electron chi connectivity index (χ0n) is 20.2. The van der Waals surface area contributed by atoms with Crippen molar-refractivity contribution in [2.24, 2.45) is 0 Å². The number of nitrogens with one attached hydrogen (secondary N) is 2. The van der Waals surface area contributed by atoms with E-state index in [-0.39, 0.29) is 13.2 Å². The summed E-state index contributed by atoms with van der Waals surface area (Å²) in [5.74, 6) is 0. The lowest BCUT2D eigenvalue weighted by atomic mass is 10.0. The molecule has 10 heteroatoms. The van der Waals surface area contributed by atoms with Crippen molar-refractivity contribution in [2.75, 3.05) is 77.7 Å². The van der Waals surface area contributed by atoms with Gasteiger partial charge in [-0.2, -0.15) is 0 Å². The van der Waals surface area contributed by atoms with Crippen LogP contribution in [0.15, 0.2) is 48.5 Å². The van der Waals surface area contributed by atoms with Gasteiger partial charge in [0.05, 0.1) is 39.6 Å². The third-order valence-electron chi connectivity index (χ3n) is 4.59. The third-order valence-corrected chi connectivity index (χ3v) is 4.59. The van der Waals surface area contributed by atoms with E-state index in [4.69, 9.17) is 28.4 Å². The molecule has 0 aliphatic rings. The molecule has 0 radical (unpaired) electrons. The van der Waals surface area contributed by atoms with Gasteiger partial charge in [-0.1, -0.05) is 24.3 Å². The van der Waals surface area contributed by atoms with E-state index >= 15 is 0 Å². The summed E-state index contributed by atoms with van der Waals surface area (Å²) in [4.78, 5) is 23.7. The highest BCUT2D eigenvalue weighted by atomic mass is 16.6. The van der Waals surface area contributed by atoms with E-state index in [0.29, 0.717) is 57.4 Å². The number of amides is 2. The van der Waals surface area contributed by atoms with E-state index in [2.05, 4.69) is 10.6 Å². The molecule has 0 fully saturated rings. The summed E-state index contributed by atoms with van der Waals surface area (Å²) < 4.78 is 30.3. The molecular formula is C25H34N2O8. The van der Waals surface area contributed by atoms with Gasteiger partial charge < -0.3 is 28.4 Å². The minimum absolute atomic E-state index is 0.166. The van der Waals surface area contributed by atoms with Gasteiger partial charge in [0.25, 0.3) is 0 Å². The summed E-state index contributed by atoms with van der Waals surface area (Å²) in [5, 5.41) is 5.36. The second kappa shape index (κ2) is 17.3. The van der Waals surface area contributed by atoms with Gasteiger partial charge in [0.2, 0.25) is 0 Å². The Morgan fingerprint density at radius 2 is 0.943 bits per heavy atom. The Balaban J connectivity index is 1.67. The van der Waals surface area contributed by atoms with Crippen molar-refractivity contribution in [1.29, 1.82) is 0 Å². The number of rotatable bonds is 16. The molecule has 2 rings (SSSR count). The van der Waals surface area contributed by atoms with Crippen molar-refractivity contribution < 1.29 is 38.0 Å². The maximum atomic E-state index is 11.8. The predicted molar refractivity (Wildman–Crippen MR) is 131 cm³/mol. The van der Waals surface area contributed by atoms with E-state index in [1.165, 1.54) is 0 Å². The number of methoxy groups -OCH3 is 2. The van der Waals surface area contributed by atoms with E-state index in [1.807, 2.05) is 48.5 Å². The van der Waals surface area contributed by atoms with Crippen molar-refractivity contribution in [3.05, 3.63) is 59.7 Å². The molecule has 35 heavy (non-hydrogen) atoms. The Morgan fingerprint density at radius 3 is 1.31 bits per heavy atom. The topological polar surface area (TPSA) is 114 Å². The fourth-order valence-electron chi connectivity index (χ4n) is 2.83. The molecule has 0 unspecified atom stereocenters. The second-order valence-corrected chi connectivity index (χ2v) is 7.30. The summed E-state index contributed by atoms with van der Waals surface area (Å²) in [6.45, 7) is 2.88. The molecule has 0 aliphatic heterocycles. The van der Waals surface area contributed by atoms with Crippen molar-refractivity contribution in [3.8, 4) is 0 Å². The van der Waals surface area contributed by atoms with E-state index in [0.717, 1.165) is 11.1 Å². The van der Waals surface area contributed by atoms with Crippen LogP contribution in [-0.2, 0) is 34.8 Å². The molecule has 0 bridgehead atoms. The normalized spacial score (nSPS) is 10.6. The summed E-state index contributed by atoms with van der Waals surface area (Å²) in [6, 6.07) is 15.0. The van der Waals surface area contributed by atoms with Gasteiger partial charge in [0.15, 0.2) is 0 Å². The van der Waals surface area contributed by atoms with Crippen molar-refractivity contribution in [2.45, 2.75) is 6.42 Å². The molecule has 2 aromatic carbocycles. The Labute approximate surface area is 205 Å². The highest BCUT2D eigenvalue weighted by Crippen LogP contribution is 2.16. The molecular weight excluding hydrogens is 456 g/mol. The van der Waals surface area contributed by atoms with E-state index in [9.17, 15) is 9.59 Å². The summed E-state index contributed by atoms with van der Waals surface area (Å²) in [5.41, 5.74) is 3.43. The van der Waals surface area contributed by atoms with Crippen LogP contribution >= 0.6 is 0 Å². The number of benzene rings is 2. The molecule has 10 nitrogen and oxygen atoms in total. The Bertz CT molecular complexity index is 787. The van der Waals surface area contributed by atoms with Gasteiger partial charge in [-0.3, -0.25) is 10.6 Å². The average Bonchev–Trinajstić information content (AvgIpc) is 2.86. The minimum Gasteiger partial charge on any atom is -0.447 e. The van der Waals surface area contributed by atoms with E-state index < -0.39 is 12.2 Å². The molecule has 2 amide bonds. The predicted octanol–water partition coefficient (Wildman–Crippen LogP) is 3.70. The first-order chi connectivity index (χ1) is 17.1.